The van der Waals surface area contributed by atoms with E-state index in [1.165, 1.54) is 25.0 Å². The van der Waals surface area contributed by atoms with E-state index in [4.69, 9.17) is 4.74 Å². The first-order chi connectivity index (χ1) is 10.7. The number of hydrogen-bond donors (Lipinski definition) is 2. The number of carbonyl (C=O) groups excluding carboxylic acids is 1. The molecule has 0 saturated carbocycles. The summed E-state index contributed by atoms with van der Waals surface area (Å²) in [6.45, 7) is 0.425. The molecule has 5 heteroatoms. The van der Waals surface area contributed by atoms with Crippen LogP contribution in [-0.4, -0.2) is 30.6 Å². The van der Waals surface area contributed by atoms with Crippen LogP contribution in [0.4, 0.5) is 4.39 Å². The van der Waals surface area contributed by atoms with Gasteiger partial charge < -0.3 is 15.4 Å². The van der Waals surface area contributed by atoms with E-state index in [9.17, 15) is 9.18 Å². The molecule has 2 aliphatic heterocycles. The standard InChI is InChI=1S/C17H23FN2O2/c18-12-3-1-4-16(9-12)22-8-2-5-17(21)20-15-10-13-6-7-14(11-15)19-13/h1,3-4,9,13-15,19H,2,5-8,10-11H2,(H,20,21). The summed E-state index contributed by atoms with van der Waals surface area (Å²) in [6.07, 6.45) is 5.65. The fraction of sp³-hybridized carbons (Fsp3) is 0.588. The van der Waals surface area contributed by atoms with Gasteiger partial charge in [-0.15, -0.1) is 0 Å². The van der Waals surface area contributed by atoms with Crippen molar-refractivity contribution in [2.75, 3.05) is 6.61 Å². The Balaban J connectivity index is 1.33. The molecule has 2 saturated heterocycles. The number of nitrogens with one attached hydrogen (secondary N) is 2. The van der Waals surface area contributed by atoms with E-state index in [1.54, 1.807) is 12.1 Å². The maximum atomic E-state index is 13.0. The molecule has 2 heterocycles. The average molecular weight is 306 g/mol. The molecular formula is C17H23FN2O2. The molecule has 0 aromatic heterocycles. The van der Waals surface area contributed by atoms with Crippen molar-refractivity contribution in [3.63, 3.8) is 0 Å². The molecule has 4 nitrogen and oxygen atoms in total. The van der Waals surface area contributed by atoms with Gasteiger partial charge in [-0.1, -0.05) is 6.07 Å². The van der Waals surface area contributed by atoms with Crippen LogP contribution in [0.3, 0.4) is 0 Å². The van der Waals surface area contributed by atoms with Gasteiger partial charge in [0.15, 0.2) is 0 Å². The molecular weight excluding hydrogens is 283 g/mol. The molecule has 1 amide bonds. The van der Waals surface area contributed by atoms with Gasteiger partial charge in [0.05, 0.1) is 6.61 Å². The zero-order valence-electron chi connectivity index (χ0n) is 12.7. The molecule has 1 aromatic rings. The van der Waals surface area contributed by atoms with E-state index >= 15 is 0 Å². The van der Waals surface area contributed by atoms with Gasteiger partial charge in [0.1, 0.15) is 11.6 Å². The van der Waals surface area contributed by atoms with Crippen molar-refractivity contribution < 1.29 is 13.9 Å². The number of amides is 1. The molecule has 120 valence electrons. The maximum Gasteiger partial charge on any atom is 0.220 e. The number of ether oxygens (including phenoxy) is 1. The van der Waals surface area contributed by atoms with Crippen molar-refractivity contribution in [1.82, 2.24) is 10.6 Å². The first-order valence-electron chi connectivity index (χ1n) is 8.13. The minimum absolute atomic E-state index is 0.0918. The fourth-order valence-electron chi connectivity index (χ4n) is 3.45. The highest BCUT2D eigenvalue weighted by Crippen LogP contribution is 2.26. The Bertz CT molecular complexity index is 511. The minimum Gasteiger partial charge on any atom is -0.493 e. The van der Waals surface area contributed by atoms with Gasteiger partial charge in [-0.3, -0.25) is 4.79 Å². The Hall–Kier alpha value is -1.62. The summed E-state index contributed by atoms with van der Waals surface area (Å²) in [6, 6.07) is 7.55. The van der Waals surface area contributed by atoms with Crippen molar-refractivity contribution in [3.8, 4) is 5.75 Å². The van der Waals surface area contributed by atoms with Crippen LogP contribution >= 0.6 is 0 Å². The molecule has 2 unspecified atom stereocenters. The van der Waals surface area contributed by atoms with Crippen molar-refractivity contribution in [1.29, 1.82) is 0 Å². The van der Waals surface area contributed by atoms with Crippen molar-refractivity contribution in [3.05, 3.63) is 30.1 Å². The van der Waals surface area contributed by atoms with Crippen LogP contribution < -0.4 is 15.4 Å². The van der Waals surface area contributed by atoms with E-state index in [2.05, 4.69) is 10.6 Å². The Morgan fingerprint density at radius 3 is 2.82 bits per heavy atom. The Kier molecular flexibility index (Phi) is 4.93. The Morgan fingerprint density at radius 2 is 2.09 bits per heavy atom. The highest BCUT2D eigenvalue weighted by Gasteiger charge is 2.33. The molecule has 0 radical (unpaired) electrons. The third-order valence-electron chi connectivity index (χ3n) is 4.45. The second kappa shape index (κ2) is 7.09. The summed E-state index contributed by atoms with van der Waals surface area (Å²) in [4.78, 5) is 12.0. The van der Waals surface area contributed by atoms with E-state index < -0.39 is 0 Å². The Labute approximate surface area is 130 Å². The zero-order valence-corrected chi connectivity index (χ0v) is 12.7. The van der Waals surface area contributed by atoms with Crippen molar-refractivity contribution in [2.45, 2.75) is 56.7 Å². The van der Waals surface area contributed by atoms with Gasteiger partial charge in [-0.2, -0.15) is 0 Å². The quantitative estimate of drug-likeness (QED) is 0.794. The van der Waals surface area contributed by atoms with Crippen LogP contribution in [0.1, 0.15) is 38.5 Å². The second-order valence-electron chi connectivity index (χ2n) is 6.28. The summed E-state index contributed by atoms with van der Waals surface area (Å²) >= 11 is 0. The monoisotopic (exact) mass is 306 g/mol. The topological polar surface area (TPSA) is 50.4 Å². The van der Waals surface area contributed by atoms with E-state index in [0.717, 1.165) is 12.8 Å². The number of benzene rings is 1. The van der Waals surface area contributed by atoms with Gasteiger partial charge in [0.2, 0.25) is 5.91 Å². The lowest BCUT2D eigenvalue weighted by molar-refractivity contribution is -0.122. The van der Waals surface area contributed by atoms with Gasteiger partial charge in [-0.25, -0.2) is 4.39 Å². The van der Waals surface area contributed by atoms with Crippen molar-refractivity contribution in [2.24, 2.45) is 0 Å². The summed E-state index contributed by atoms with van der Waals surface area (Å²) in [5, 5.41) is 6.70. The number of fused-ring (bicyclic) bond motifs is 2. The van der Waals surface area contributed by atoms with Crippen LogP contribution in [0.2, 0.25) is 0 Å². The Morgan fingerprint density at radius 1 is 1.32 bits per heavy atom. The van der Waals surface area contributed by atoms with E-state index in [1.807, 2.05) is 0 Å². The molecule has 2 bridgehead atoms. The van der Waals surface area contributed by atoms with Crippen LogP contribution in [0.5, 0.6) is 5.75 Å². The maximum absolute atomic E-state index is 13.0. The molecule has 1 aromatic carbocycles. The molecule has 22 heavy (non-hydrogen) atoms. The van der Waals surface area contributed by atoms with Gasteiger partial charge in [-0.05, 0) is 44.2 Å². The summed E-state index contributed by atoms with van der Waals surface area (Å²) in [5.74, 6) is 0.292. The van der Waals surface area contributed by atoms with Crippen LogP contribution in [-0.2, 0) is 4.79 Å². The third-order valence-corrected chi connectivity index (χ3v) is 4.45. The van der Waals surface area contributed by atoms with Gasteiger partial charge >= 0.3 is 0 Å². The number of carbonyl (C=O) groups is 1. The normalized spacial score (nSPS) is 26.7. The fourth-order valence-corrected chi connectivity index (χ4v) is 3.45. The molecule has 2 atom stereocenters. The first-order valence-corrected chi connectivity index (χ1v) is 8.13. The number of halogens is 1. The molecule has 2 N–H and O–H groups in total. The van der Waals surface area contributed by atoms with Gasteiger partial charge in [0.25, 0.3) is 0 Å². The number of hydrogen-bond acceptors (Lipinski definition) is 3. The third kappa shape index (κ3) is 4.19. The van der Waals surface area contributed by atoms with Gasteiger partial charge in [0, 0.05) is 30.6 Å². The lowest BCUT2D eigenvalue weighted by Crippen LogP contribution is -2.48. The van der Waals surface area contributed by atoms with E-state index in [-0.39, 0.29) is 11.7 Å². The molecule has 0 spiro atoms. The van der Waals surface area contributed by atoms with Crippen LogP contribution in [0, 0.1) is 5.82 Å². The molecule has 3 rings (SSSR count). The predicted octanol–water partition coefficient (Wildman–Crippen LogP) is 2.38. The summed E-state index contributed by atoms with van der Waals surface area (Å²) in [5.41, 5.74) is 0. The second-order valence-corrected chi connectivity index (χ2v) is 6.28. The molecule has 2 fully saturated rings. The highest BCUT2D eigenvalue weighted by atomic mass is 19.1. The summed E-state index contributed by atoms with van der Waals surface area (Å²) in [7, 11) is 0. The lowest BCUT2D eigenvalue weighted by atomic mass is 9.99. The summed E-state index contributed by atoms with van der Waals surface area (Å²) < 4.78 is 18.4. The predicted molar refractivity (Wildman–Crippen MR) is 82.2 cm³/mol. The van der Waals surface area contributed by atoms with E-state index in [0.29, 0.717) is 43.3 Å². The lowest BCUT2D eigenvalue weighted by Gasteiger charge is -2.29. The first kappa shape index (κ1) is 15.3. The smallest absolute Gasteiger partial charge is 0.220 e. The minimum atomic E-state index is -0.309. The largest absolute Gasteiger partial charge is 0.493 e. The number of rotatable bonds is 6. The SMILES string of the molecule is O=C(CCCOc1cccc(F)c1)NC1CC2CCC(C1)N2. The van der Waals surface area contributed by atoms with Crippen LogP contribution in [0.25, 0.3) is 0 Å². The molecule has 0 aliphatic carbocycles. The van der Waals surface area contributed by atoms with Crippen molar-refractivity contribution >= 4 is 5.91 Å². The van der Waals surface area contributed by atoms with Crippen LogP contribution in [0.15, 0.2) is 24.3 Å². The average Bonchev–Trinajstić information content (AvgIpc) is 2.83. The number of piperidine rings is 1. The highest BCUT2D eigenvalue weighted by molar-refractivity contribution is 5.76. The molecule has 2 aliphatic rings. The zero-order chi connectivity index (χ0) is 15.4.